The number of nitrogens with one attached hydrogen (secondary N) is 2. The number of hydrogen-bond donors (Lipinski definition) is 3. The van der Waals surface area contributed by atoms with Gasteiger partial charge in [-0.25, -0.2) is 0 Å². The Morgan fingerprint density at radius 1 is 0.875 bits per heavy atom. The Bertz CT molecular complexity index is 776. The average Bonchev–Trinajstić information content (AvgIpc) is 2.54. The van der Waals surface area contributed by atoms with Gasteiger partial charge in [0.05, 0.1) is 5.56 Å². The van der Waals surface area contributed by atoms with Crippen LogP contribution >= 0.6 is 0 Å². The van der Waals surface area contributed by atoms with Crippen molar-refractivity contribution in [3.05, 3.63) is 64.7 Å². The highest BCUT2D eigenvalue weighted by molar-refractivity contribution is 6.01. The van der Waals surface area contributed by atoms with Crippen LogP contribution in [0.3, 0.4) is 0 Å². The minimum Gasteiger partial charge on any atom is -0.507 e. The number of amides is 2. The molecule has 2 aromatic carbocycles. The topological polar surface area (TPSA) is 78.4 Å². The molecule has 2 rings (SSSR count). The largest absolute Gasteiger partial charge is 0.507 e. The lowest BCUT2D eigenvalue weighted by Gasteiger charge is -2.22. The molecule has 0 aliphatic rings. The van der Waals surface area contributed by atoms with Crippen LogP contribution in [0, 0.1) is 6.92 Å². The van der Waals surface area contributed by atoms with Crippen molar-refractivity contribution in [3.63, 3.8) is 0 Å². The number of para-hydroxylation sites is 1. The maximum atomic E-state index is 12.4. The Kier molecular flexibility index (Phi) is 4.93. The molecule has 0 heterocycles. The highest BCUT2D eigenvalue weighted by Gasteiger charge is 2.21. The van der Waals surface area contributed by atoms with E-state index in [9.17, 15) is 14.7 Å². The second-order valence-corrected chi connectivity index (χ2v) is 6.67. The van der Waals surface area contributed by atoms with Crippen LogP contribution in [0.25, 0.3) is 0 Å². The van der Waals surface area contributed by atoms with Crippen molar-refractivity contribution >= 4 is 11.8 Å². The number of rotatable bonds is 2. The van der Waals surface area contributed by atoms with Crippen molar-refractivity contribution in [1.29, 1.82) is 0 Å². The average molecular weight is 326 g/mol. The summed E-state index contributed by atoms with van der Waals surface area (Å²) in [6.45, 7) is 7.75. The zero-order chi connectivity index (χ0) is 17.9. The molecule has 3 N–H and O–H groups in total. The Balaban J connectivity index is 2.15. The number of carbonyl (C=O) groups is 2. The molecular weight excluding hydrogens is 304 g/mol. The first-order valence-electron chi connectivity index (χ1n) is 7.70. The Morgan fingerprint density at radius 3 is 2.04 bits per heavy atom. The molecule has 0 unspecified atom stereocenters. The molecule has 24 heavy (non-hydrogen) atoms. The third-order valence-corrected chi connectivity index (χ3v) is 3.75. The maximum absolute atomic E-state index is 12.4. The standard InChI is InChI=1S/C19H22N2O3/c1-12-8-7-10-14(16(12)22)18(24)21-20-17(23)13-9-5-6-11-15(13)19(2,3)4/h5-11,22H,1-4H3,(H,20,23)(H,21,24). The second kappa shape index (κ2) is 6.74. The Hall–Kier alpha value is -2.82. The van der Waals surface area contributed by atoms with Crippen LogP contribution in [0.5, 0.6) is 5.75 Å². The number of phenols is 1. The van der Waals surface area contributed by atoms with Gasteiger partial charge in [0.1, 0.15) is 5.75 Å². The lowest BCUT2D eigenvalue weighted by Crippen LogP contribution is -2.42. The summed E-state index contributed by atoms with van der Waals surface area (Å²) < 4.78 is 0. The van der Waals surface area contributed by atoms with Gasteiger partial charge in [-0.05, 0) is 35.6 Å². The van der Waals surface area contributed by atoms with Gasteiger partial charge < -0.3 is 5.11 Å². The van der Waals surface area contributed by atoms with E-state index in [2.05, 4.69) is 10.9 Å². The molecule has 0 radical (unpaired) electrons. The quantitative estimate of drug-likeness (QED) is 0.742. The lowest BCUT2D eigenvalue weighted by molar-refractivity contribution is 0.0844. The molecule has 5 heteroatoms. The van der Waals surface area contributed by atoms with E-state index in [0.717, 1.165) is 5.56 Å². The van der Waals surface area contributed by atoms with Gasteiger partial charge in [-0.2, -0.15) is 0 Å². The fourth-order valence-electron chi connectivity index (χ4n) is 2.43. The minimum atomic E-state index is -0.571. The predicted octanol–water partition coefficient (Wildman–Crippen LogP) is 3.07. The number of hydrogen-bond acceptors (Lipinski definition) is 3. The summed E-state index contributed by atoms with van der Waals surface area (Å²) in [6, 6.07) is 12.1. The molecule has 0 aliphatic carbocycles. The highest BCUT2D eigenvalue weighted by atomic mass is 16.3. The number of aryl methyl sites for hydroxylation is 1. The molecule has 0 fully saturated rings. The van der Waals surface area contributed by atoms with Crippen LogP contribution < -0.4 is 10.9 Å². The molecule has 2 amide bonds. The summed E-state index contributed by atoms with van der Waals surface area (Å²) >= 11 is 0. The van der Waals surface area contributed by atoms with Gasteiger partial charge in [-0.15, -0.1) is 0 Å². The van der Waals surface area contributed by atoms with Gasteiger partial charge in [-0.1, -0.05) is 51.1 Å². The molecule has 126 valence electrons. The van der Waals surface area contributed by atoms with Crippen molar-refractivity contribution in [2.24, 2.45) is 0 Å². The van der Waals surface area contributed by atoms with Crippen LogP contribution in [0.1, 0.15) is 52.6 Å². The van der Waals surface area contributed by atoms with E-state index in [1.165, 1.54) is 6.07 Å². The Morgan fingerprint density at radius 2 is 1.42 bits per heavy atom. The maximum Gasteiger partial charge on any atom is 0.273 e. The van der Waals surface area contributed by atoms with Crippen molar-refractivity contribution < 1.29 is 14.7 Å². The SMILES string of the molecule is Cc1cccc(C(=O)NNC(=O)c2ccccc2C(C)(C)C)c1O. The van der Waals surface area contributed by atoms with Crippen molar-refractivity contribution in [1.82, 2.24) is 10.9 Å². The van der Waals surface area contributed by atoms with Crippen LogP contribution in [-0.4, -0.2) is 16.9 Å². The van der Waals surface area contributed by atoms with E-state index >= 15 is 0 Å². The molecule has 0 saturated heterocycles. The van der Waals surface area contributed by atoms with Crippen LogP contribution in [0.15, 0.2) is 42.5 Å². The smallest absolute Gasteiger partial charge is 0.273 e. The van der Waals surface area contributed by atoms with E-state index in [4.69, 9.17) is 0 Å². The molecule has 0 aromatic heterocycles. The van der Waals surface area contributed by atoms with Gasteiger partial charge in [0.25, 0.3) is 11.8 Å². The second-order valence-electron chi connectivity index (χ2n) is 6.67. The Labute approximate surface area is 141 Å². The van der Waals surface area contributed by atoms with E-state index in [1.54, 1.807) is 31.2 Å². The summed E-state index contributed by atoms with van der Waals surface area (Å²) in [5.74, 6) is -1.07. The van der Waals surface area contributed by atoms with Gasteiger partial charge in [0, 0.05) is 5.56 Å². The molecule has 0 aliphatic heterocycles. The monoisotopic (exact) mass is 326 g/mol. The van der Waals surface area contributed by atoms with Crippen LogP contribution in [0.2, 0.25) is 0 Å². The number of hydrazine groups is 1. The molecule has 0 saturated carbocycles. The van der Waals surface area contributed by atoms with E-state index in [-0.39, 0.29) is 16.7 Å². The van der Waals surface area contributed by atoms with Gasteiger partial charge >= 0.3 is 0 Å². The van der Waals surface area contributed by atoms with Gasteiger partial charge in [0.2, 0.25) is 0 Å². The number of benzene rings is 2. The lowest BCUT2D eigenvalue weighted by atomic mass is 9.83. The van der Waals surface area contributed by atoms with E-state index in [0.29, 0.717) is 11.1 Å². The summed E-state index contributed by atoms with van der Waals surface area (Å²) in [6.07, 6.45) is 0. The summed E-state index contributed by atoms with van der Waals surface area (Å²) in [7, 11) is 0. The highest BCUT2D eigenvalue weighted by Crippen LogP contribution is 2.25. The van der Waals surface area contributed by atoms with Gasteiger partial charge in [0.15, 0.2) is 0 Å². The van der Waals surface area contributed by atoms with Crippen molar-refractivity contribution in [2.75, 3.05) is 0 Å². The van der Waals surface area contributed by atoms with Crippen molar-refractivity contribution in [3.8, 4) is 5.75 Å². The first kappa shape index (κ1) is 17.5. The summed E-state index contributed by atoms with van der Waals surface area (Å²) in [4.78, 5) is 24.6. The molecule has 0 bridgehead atoms. The fourth-order valence-corrected chi connectivity index (χ4v) is 2.43. The van der Waals surface area contributed by atoms with E-state index in [1.807, 2.05) is 32.9 Å². The minimum absolute atomic E-state index is 0.0978. The van der Waals surface area contributed by atoms with E-state index < -0.39 is 11.8 Å². The normalized spacial score (nSPS) is 11.0. The van der Waals surface area contributed by atoms with Gasteiger partial charge in [-0.3, -0.25) is 20.4 Å². The molecule has 0 spiro atoms. The van der Waals surface area contributed by atoms with Crippen LogP contribution in [-0.2, 0) is 5.41 Å². The zero-order valence-corrected chi connectivity index (χ0v) is 14.3. The number of phenolic OH excluding ortho intramolecular Hbond substituents is 1. The third-order valence-electron chi connectivity index (χ3n) is 3.75. The zero-order valence-electron chi connectivity index (χ0n) is 14.3. The molecule has 0 atom stereocenters. The molecule has 5 nitrogen and oxygen atoms in total. The molecular formula is C19H22N2O3. The first-order valence-corrected chi connectivity index (χ1v) is 7.70. The summed E-state index contributed by atoms with van der Waals surface area (Å²) in [5.41, 5.74) is 6.63. The number of carbonyl (C=O) groups excluding carboxylic acids is 2. The first-order chi connectivity index (χ1) is 11.2. The third kappa shape index (κ3) is 3.74. The van der Waals surface area contributed by atoms with Crippen molar-refractivity contribution in [2.45, 2.75) is 33.1 Å². The predicted molar refractivity (Wildman–Crippen MR) is 92.9 cm³/mol. The van der Waals surface area contributed by atoms with Crippen LogP contribution in [0.4, 0.5) is 0 Å². The molecule has 2 aromatic rings. The fraction of sp³-hybridized carbons (Fsp3) is 0.263. The summed E-state index contributed by atoms with van der Waals surface area (Å²) in [5, 5.41) is 9.93. The number of aromatic hydroxyl groups is 1.